The summed E-state index contributed by atoms with van der Waals surface area (Å²) in [4.78, 5) is 53.7. The van der Waals surface area contributed by atoms with Crippen molar-refractivity contribution in [3.8, 4) is 0 Å². The number of hydrogen-bond acceptors (Lipinski definition) is 16. The third-order valence-corrected chi connectivity index (χ3v) is 3.04. The van der Waals surface area contributed by atoms with E-state index in [0.717, 1.165) is 0 Å². The van der Waals surface area contributed by atoms with Crippen molar-refractivity contribution in [1.29, 1.82) is 0 Å². The van der Waals surface area contributed by atoms with Crippen LogP contribution in [0.5, 0.6) is 0 Å². The minimum atomic E-state index is -3.46. The molecule has 0 amide bonds. The summed E-state index contributed by atoms with van der Waals surface area (Å²) in [6.45, 7) is -0.797. The second-order valence-electron chi connectivity index (χ2n) is 4.99. The van der Waals surface area contributed by atoms with Crippen LogP contribution in [0, 0.1) is 0 Å². The van der Waals surface area contributed by atoms with Crippen LogP contribution in [0.1, 0.15) is 12.8 Å². The van der Waals surface area contributed by atoms with Gasteiger partial charge >= 0.3 is 98.5 Å². The Morgan fingerprint density at radius 2 is 1.10 bits per heavy atom. The van der Waals surface area contributed by atoms with E-state index in [1.165, 1.54) is 0 Å². The molecule has 0 rings (SSSR count). The minimum absolute atomic E-state index is 0. The predicted molar refractivity (Wildman–Crippen MR) is 79.4 cm³/mol. The zero-order valence-electron chi connectivity index (χ0n) is 15.6. The average molecular weight is 517 g/mol. The molecule has 16 nitrogen and oxygen atoms in total. The fourth-order valence-corrected chi connectivity index (χ4v) is 1.44. The van der Waals surface area contributed by atoms with Gasteiger partial charge in [0.15, 0.2) is 0 Å². The zero-order valence-corrected chi connectivity index (χ0v) is 21.4. The molecule has 4 N–H and O–H groups in total. The van der Waals surface area contributed by atoms with Crippen LogP contribution in [-0.4, -0.2) is 179 Å². The maximum Gasteiger partial charge on any atom is 2.00 e. The molecule has 0 aliphatic rings. The molecular weight excluding hydrogens is 505 g/mol. The monoisotopic (exact) mass is 516 g/mol. The molecule has 0 radical (unpaired) electrons. The Balaban J connectivity index is -0.000000133. The van der Waals surface area contributed by atoms with Gasteiger partial charge in [-0.3, -0.25) is 0 Å². The molecular formula is C12H12Ca2MgO16. The molecule has 19 heteroatoms. The Kier molecular flexibility index (Phi) is 25.2. The molecule has 0 saturated heterocycles. The Bertz CT molecular complexity index is 617. The third kappa shape index (κ3) is 13.6. The van der Waals surface area contributed by atoms with Crippen LogP contribution in [-0.2, 0) is 28.9 Å². The molecule has 4 unspecified atom stereocenters. The normalized spacial score (nSPS) is 15.3. The van der Waals surface area contributed by atoms with Gasteiger partial charge in [0.2, 0.25) is 0 Å². The van der Waals surface area contributed by atoms with Crippen LogP contribution < -0.4 is 30.8 Å². The number of aliphatic hydroxyl groups is 4. The van der Waals surface area contributed by atoms with Crippen LogP contribution in [0.3, 0.4) is 0 Å². The zero-order chi connectivity index (χ0) is 22.9. The quantitative estimate of drug-likeness (QED) is 0.112. The predicted octanol–water partition coefficient (Wildman–Crippen LogP) is -13.2. The largest absolute Gasteiger partial charge is 2.00 e. The van der Waals surface area contributed by atoms with Gasteiger partial charge in [-0.1, -0.05) is 0 Å². The van der Waals surface area contributed by atoms with E-state index in [2.05, 4.69) is 4.89 Å². The second-order valence-corrected chi connectivity index (χ2v) is 4.99. The molecule has 0 aromatic heterocycles. The van der Waals surface area contributed by atoms with Gasteiger partial charge in [0, 0.05) is 25.4 Å². The molecule has 0 aromatic rings. The van der Waals surface area contributed by atoms with E-state index in [1.807, 2.05) is 0 Å². The van der Waals surface area contributed by atoms with Crippen LogP contribution in [0.25, 0.3) is 0 Å². The van der Waals surface area contributed by atoms with E-state index >= 15 is 0 Å². The minimum Gasteiger partial charge on any atom is -0.723 e. The van der Waals surface area contributed by atoms with Crippen LogP contribution in [0.2, 0.25) is 0 Å². The van der Waals surface area contributed by atoms with Gasteiger partial charge in [-0.15, -0.1) is 0 Å². The topological polar surface area (TPSA) is 314 Å². The van der Waals surface area contributed by atoms with Crippen molar-refractivity contribution in [1.82, 2.24) is 0 Å². The molecule has 0 saturated carbocycles. The van der Waals surface area contributed by atoms with Crippen molar-refractivity contribution in [2.75, 3.05) is 6.61 Å². The van der Waals surface area contributed by atoms with E-state index < -0.39 is 72.7 Å². The summed E-state index contributed by atoms with van der Waals surface area (Å²) in [5.41, 5.74) is -6.55. The molecule has 4 atom stereocenters. The van der Waals surface area contributed by atoms with Crippen molar-refractivity contribution < 1.29 is 80.1 Å². The van der Waals surface area contributed by atoms with Gasteiger partial charge in [0.1, 0.15) is 23.4 Å². The fraction of sp³-hybridized carbons (Fsp3) is 0.583. The molecule has 0 fully saturated rings. The van der Waals surface area contributed by atoms with Crippen molar-refractivity contribution in [2.24, 2.45) is 0 Å². The van der Waals surface area contributed by atoms with Gasteiger partial charge in [-0.05, 0) is 0 Å². The van der Waals surface area contributed by atoms with Gasteiger partial charge in [-0.25, -0.2) is 0 Å². The maximum absolute atomic E-state index is 10.3. The molecule has 0 aliphatic carbocycles. The number of carbonyl (C=O) groups is 5. The van der Waals surface area contributed by atoms with Crippen LogP contribution in [0.4, 0.5) is 0 Å². The Labute approximate surface area is 248 Å². The number of carboxylic acid groups (broad SMARTS) is 5. The summed E-state index contributed by atoms with van der Waals surface area (Å²) in [5.74, 6) is -11.3. The van der Waals surface area contributed by atoms with E-state index in [0.29, 0.717) is 0 Å². The Morgan fingerprint density at radius 3 is 1.32 bits per heavy atom. The standard InChI is InChI=1S/C6H10O8.C6H8O8.2Ca.Mg/c7-3(4(8)9)6(12,5(10)11)1-2-14-13;7-2(8)1-6(14,5(12)13)3(9)4(10)11;;;/h3,7,12-13H,1-2H2,(H,8,9)(H,10,11);3,9,14H,1H2,(H,7,8)(H,10,11)(H,12,13);;;/q;;3*+2/p-6. The van der Waals surface area contributed by atoms with Crippen LogP contribution >= 0.6 is 0 Å². The SMILES string of the molecule is O=C([O-])C(O)C(O)(CCO[O-])C(=O)[O-].O=C([O-])CC(O)(C(=O)[O-])C(O)C(=O)[O-].[Ca+2].[Ca+2].[Mg+2]. The second kappa shape index (κ2) is 18.8. The smallest absolute Gasteiger partial charge is 0.723 e. The first-order valence-electron chi connectivity index (χ1n) is 6.68. The summed E-state index contributed by atoms with van der Waals surface area (Å²) in [6.07, 6.45) is -8.15. The van der Waals surface area contributed by atoms with Crippen molar-refractivity contribution >= 4 is 128 Å². The third-order valence-electron chi connectivity index (χ3n) is 3.04. The van der Waals surface area contributed by atoms with E-state index in [9.17, 15) is 54.8 Å². The first kappa shape index (κ1) is 41.6. The molecule has 31 heavy (non-hydrogen) atoms. The summed E-state index contributed by atoms with van der Waals surface area (Å²) in [5, 5.41) is 95.5. The number of hydrogen-bond donors (Lipinski definition) is 4. The number of carbonyl (C=O) groups excluding carboxylic acids is 5. The summed E-state index contributed by atoms with van der Waals surface area (Å²) < 4.78 is 0. The van der Waals surface area contributed by atoms with Gasteiger partial charge in [0.05, 0.1) is 23.9 Å². The summed E-state index contributed by atoms with van der Waals surface area (Å²) >= 11 is 0. The molecule has 0 spiro atoms. The van der Waals surface area contributed by atoms with Crippen LogP contribution in [0.15, 0.2) is 0 Å². The summed E-state index contributed by atoms with van der Waals surface area (Å²) in [7, 11) is 0. The van der Waals surface area contributed by atoms with Gasteiger partial charge in [-0.2, -0.15) is 0 Å². The number of rotatable bonds is 11. The first-order chi connectivity index (χ1) is 12.6. The van der Waals surface area contributed by atoms with Gasteiger partial charge in [0.25, 0.3) is 0 Å². The summed E-state index contributed by atoms with van der Waals surface area (Å²) in [6, 6.07) is 0. The maximum atomic E-state index is 10.3. The average Bonchev–Trinajstić information content (AvgIpc) is 2.57. The van der Waals surface area contributed by atoms with Crippen molar-refractivity contribution in [3.05, 3.63) is 0 Å². The molecule has 0 aliphatic heterocycles. The molecule has 162 valence electrons. The number of carboxylic acids is 5. The molecule has 0 bridgehead atoms. The number of aliphatic hydroxyl groups excluding tert-OH is 2. The molecule has 0 heterocycles. The van der Waals surface area contributed by atoms with Crippen molar-refractivity contribution in [3.63, 3.8) is 0 Å². The van der Waals surface area contributed by atoms with Crippen molar-refractivity contribution in [2.45, 2.75) is 36.3 Å². The van der Waals surface area contributed by atoms with E-state index in [-0.39, 0.29) is 98.5 Å². The van der Waals surface area contributed by atoms with E-state index in [1.54, 1.807) is 0 Å². The number of aliphatic carboxylic acids is 5. The Hall–Kier alpha value is 0.396. The van der Waals surface area contributed by atoms with Gasteiger partial charge < -0.3 is 80.1 Å². The fourth-order valence-electron chi connectivity index (χ4n) is 1.44. The molecule has 0 aromatic carbocycles. The van der Waals surface area contributed by atoms with E-state index in [4.69, 9.17) is 20.4 Å². The first-order valence-corrected chi connectivity index (χ1v) is 6.68. The Morgan fingerprint density at radius 1 is 0.774 bits per heavy atom.